The Morgan fingerprint density at radius 2 is 2.24 bits per heavy atom. The number of hydrogen-bond acceptors (Lipinski definition) is 5. The van der Waals surface area contributed by atoms with Crippen molar-refractivity contribution in [2.45, 2.75) is 56.7 Å². The van der Waals surface area contributed by atoms with Gasteiger partial charge in [-0.15, -0.1) is 0 Å². The van der Waals surface area contributed by atoms with E-state index in [4.69, 9.17) is 10.5 Å². The molecule has 0 radical (unpaired) electrons. The molecule has 0 spiro atoms. The molecule has 2 rings (SSSR count). The number of nitrogens with zero attached hydrogens (tertiary/aromatic N) is 2. The van der Waals surface area contributed by atoms with Gasteiger partial charge in [-0.3, -0.25) is 9.69 Å². The summed E-state index contributed by atoms with van der Waals surface area (Å²) in [5.41, 5.74) is 5.21. The predicted molar refractivity (Wildman–Crippen MR) is 79.4 cm³/mol. The number of nitriles is 1. The molecule has 6 nitrogen and oxygen atoms in total. The van der Waals surface area contributed by atoms with Crippen molar-refractivity contribution in [3.8, 4) is 6.07 Å². The fourth-order valence-corrected chi connectivity index (χ4v) is 3.12. The van der Waals surface area contributed by atoms with Crippen molar-refractivity contribution in [3.05, 3.63) is 0 Å². The second kappa shape index (κ2) is 7.21. The van der Waals surface area contributed by atoms with Gasteiger partial charge in [0.1, 0.15) is 5.54 Å². The van der Waals surface area contributed by atoms with Crippen molar-refractivity contribution in [2.24, 2.45) is 5.73 Å². The molecular weight excluding hydrogens is 268 g/mol. The quantitative estimate of drug-likeness (QED) is 0.782. The third-order valence-electron chi connectivity index (χ3n) is 4.43. The van der Waals surface area contributed by atoms with Crippen molar-refractivity contribution < 1.29 is 9.53 Å². The summed E-state index contributed by atoms with van der Waals surface area (Å²) >= 11 is 0. The van der Waals surface area contributed by atoms with Crippen LogP contribution in [0.1, 0.15) is 39.0 Å². The molecule has 1 aliphatic carbocycles. The Morgan fingerprint density at radius 1 is 1.52 bits per heavy atom. The van der Waals surface area contributed by atoms with Gasteiger partial charge in [0.2, 0.25) is 5.91 Å². The number of amides is 1. The normalized spacial score (nSPS) is 27.6. The van der Waals surface area contributed by atoms with E-state index in [0.29, 0.717) is 19.7 Å². The highest BCUT2D eigenvalue weighted by Crippen LogP contribution is 2.27. The van der Waals surface area contributed by atoms with E-state index in [9.17, 15) is 10.1 Å². The van der Waals surface area contributed by atoms with Gasteiger partial charge in [-0.05, 0) is 19.8 Å². The third kappa shape index (κ3) is 4.40. The lowest BCUT2D eigenvalue weighted by molar-refractivity contribution is -0.126. The highest BCUT2D eigenvalue weighted by molar-refractivity contribution is 5.79. The number of carbonyl (C=O) groups is 1. The molecule has 0 aromatic heterocycles. The van der Waals surface area contributed by atoms with Crippen LogP contribution in [0.4, 0.5) is 0 Å². The van der Waals surface area contributed by atoms with Gasteiger partial charge >= 0.3 is 0 Å². The summed E-state index contributed by atoms with van der Waals surface area (Å²) in [5, 5.41) is 12.4. The molecule has 0 bridgehead atoms. The van der Waals surface area contributed by atoms with Gasteiger partial charge < -0.3 is 15.8 Å². The van der Waals surface area contributed by atoms with Crippen molar-refractivity contribution in [1.29, 1.82) is 5.26 Å². The van der Waals surface area contributed by atoms with Crippen LogP contribution in [0.3, 0.4) is 0 Å². The first-order valence-electron chi connectivity index (χ1n) is 7.86. The van der Waals surface area contributed by atoms with Gasteiger partial charge in [0.25, 0.3) is 0 Å². The summed E-state index contributed by atoms with van der Waals surface area (Å²) in [7, 11) is 0. The van der Waals surface area contributed by atoms with Gasteiger partial charge in [-0.25, -0.2) is 0 Å². The molecule has 118 valence electrons. The lowest BCUT2D eigenvalue weighted by Crippen LogP contribution is -2.55. The number of hydrogen-bond donors (Lipinski definition) is 2. The molecule has 2 aliphatic rings. The van der Waals surface area contributed by atoms with E-state index in [1.54, 1.807) is 0 Å². The monoisotopic (exact) mass is 294 g/mol. The third-order valence-corrected chi connectivity index (χ3v) is 4.43. The second-order valence-corrected chi connectivity index (χ2v) is 6.31. The average Bonchev–Trinajstić information content (AvgIpc) is 2.48. The zero-order valence-corrected chi connectivity index (χ0v) is 12.8. The maximum absolute atomic E-state index is 12.2. The molecule has 1 aliphatic heterocycles. The maximum atomic E-state index is 12.2. The van der Waals surface area contributed by atoms with Crippen molar-refractivity contribution in [3.63, 3.8) is 0 Å². The minimum atomic E-state index is -0.651. The highest BCUT2D eigenvalue weighted by atomic mass is 16.5. The lowest BCUT2D eigenvalue weighted by Gasteiger charge is -2.36. The molecule has 2 fully saturated rings. The van der Waals surface area contributed by atoms with Crippen LogP contribution in [-0.4, -0.2) is 54.7 Å². The molecule has 1 heterocycles. The lowest BCUT2D eigenvalue weighted by atomic mass is 9.83. The molecule has 6 heteroatoms. The van der Waals surface area contributed by atoms with Gasteiger partial charge in [-0.1, -0.05) is 19.3 Å². The first-order valence-corrected chi connectivity index (χ1v) is 7.86. The molecule has 2 atom stereocenters. The number of ether oxygens (including phenoxy) is 1. The van der Waals surface area contributed by atoms with E-state index in [1.807, 2.05) is 6.92 Å². The number of nitrogens with one attached hydrogen (secondary N) is 1. The molecule has 2 unspecified atom stereocenters. The van der Waals surface area contributed by atoms with Crippen LogP contribution in [0.15, 0.2) is 0 Å². The van der Waals surface area contributed by atoms with Crippen LogP contribution in [-0.2, 0) is 9.53 Å². The molecule has 1 saturated heterocycles. The van der Waals surface area contributed by atoms with Crippen molar-refractivity contribution in [1.82, 2.24) is 10.2 Å². The predicted octanol–water partition coefficient (Wildman–Crippen LogP) is 0.377. The Hall–Kier alpha value is -1.16. The molecule has 0 aromatic rings. The molecular formula is C15H26N4O2. The second-order valence-electron chi connectivity index (χ2n) is 6.31. The van der Waals surface area contributed by atoms with E-state index < -0.39 is 5.54 Å². The Bertz CT molecular complexity index is 399. The van der Waals surface area contributed by atoms with Crippen LogP contribution in [0.2, 0.25) is 0 Å². The standard InChI is InChI=1S/C15H26N4O2/c1-12(17)13-9-19(7-8-21-13)10-14(20)18-15(11-16)5-3-2-4-6-15/h12-13H,2-10,17H2,1H3,(H,18,20). The van der Waals surface area contributed by atoms with E-state index in [0.717, 1.165) is 38.6 Å². The molecule has 1 amide bonds. The van der Waals surface area contributed by atoms with Gasteiger partial charge in [0.15, 0.2) is 0 Å². The highest BCUT2D eigenvalue weighted by Gasteiger charge is 2.34. The largest absolute Gasteiger partial charge is 0.374 e. The van der Waals surface area contributed by atoms with E-state index in [1.165, 1.54) is 0 Å². The number of morpholine rings is 1. The Balaban J connectivity index is 1.85. The van der Waals surface area contributed by atoms with E-state index in [-0.39, 0.29) is 18.1 Å². The Morgan fingerprint density at radius 3 is 2.86 bits per heavy atom. The average molecular weight is 294 g/mol. The molecule has 0 aromatic carbocycles. The number of nitrogens with two attached hydrogens (primary N) is 1. The van der Waals surface area contributed by atoms with Gasteiger partial charge in [0.05, 0.1) is 25.3 Å². The topological polar surface area (TPSA) is 91.4 Å². The summed E-state index contributed by atoms with van der Waals surface area (Å²) in [5.74, 6) is -0.0659. The zero-order valence-electron chi connectivity index (χ0n) is 12.8. The van der Waals surface area contributed by atoms with Crippen LogP contribution >= 0.6 is 0 Å². The Labute approximate surface area is 126 Å². The molecule has 3 N–H and O–H groups in total. The SMILES string of the molecule is CC(N)C1CN(CC(=O)NC2(C#N)CCCCC2)CCO1. The summed E-state index contributed by atoms with van der Waals surface area (Å²) < 4.78 is 5.59. The minimum absolute atomic E-state index is 0.0221. The van der Waals surface area contributed by atoms with Crippen LogP contribution in [0.5, 0.6) is 0 Å². The van der Waals surface area contributed by atoms with Crippen molar-refractivity contribution in [2.75, 3.05) is 26.2 Å². The molecule has 1 saturated carbocycles. The van der Waals surface area contributed by atoms with E-state index >= 15 is 0 Å². The van der Waals surface area contributed by atoms with Gasteiger partial charge in [-0.2, -0.15) is 5.26 Å². The summed E-state index contributed by atoms with van der Waals surface area (Å²) in [6.07, 6.45) is 4.68. The summed E-state index contributed by atoms with van der Waals surface area (Å²) in [6, 6.07) is 2.28. The minimum Gasteiger partial charge on any atom is -0.374 e. The van der Waals surface area contributed by atoms with Crippen LogP contribution < -0.4 is 11.1 Å². The van der Waals surface area contributed by atoms with Crippen LogP contribution in [0, 0.1) is 11.3 Å². The van der Waals surface area contributed by atoms with E-state index in [2.05, 4.69) is 16.3 Å². The molecule has 21 heavy (non-hydrogen) atoms. The maximum Gasteiger partial charge on any atom is 0.235 e. The number of carbonyl (C=O) groups excluding carboxylic acids is 1. The van der Waals surface area contributed by atoms with Crippen LogP contribution in [0.25, 0.3) is 0 Å². The first kappa shape index (κ1) is 16.2. The fraction of sp³-hybridized carbons (Fsp3) is 0.867. The fourth-order valence-electron chi connectivity index (χ4n) is 3.12. The summed E-state index contributed by atoms with van der Waals surface area (Å²) in [6.45, 7) is 4.24. The smallest absolute Gasteiger partial charge is 0.235 e. The zero-order chi connectivity index (χ0) is 15.3. The van der Waals surface area contributed by atoms with Crippen molar-refractivity contribution >= 4 is 5.91 Å². The van der Waals surface area contributed by atoms with Gasteiger partial charge in [0, 0.05) is 19.1 Å². The first-order chi connectivity index (χ1) is 10.0. The summed E-state index contributed by atoms with van der Waals surface area (Å²) in [4.78, 5) is 14.3. The Kier molecular flexibility index (Phi) is 5.57. The number of rotatable bonds is 4.